The van der Waals surface area contributed by atoms with Gasteiger partial charge in [0.2, 0.25) is 0 Å². The van der Waals surface area contributed by atoms with E-state index in [-0.39, 0.29) is 11.9 Å². The lowest BCUT2D eigenvalue weighted by molar-refractivity contribution is -0.205. The Morgan fingerprint density at radius 1 is 1.13 bits per heavy atom. The fraction of sp³-hybridized carbons (Fsp3) is 1.00. The average Bonchev–Trinajstić information content (AvgIpc) is 2.18. The third-order valence-corrected chi connectivity index (χ3v) is 3.46. The second-order valence-corrected chi connectivity index (χ2v) is 5.56. The van der Waals surface area contributed by atoms with Crippen molar-refractivity contribution in [3.63, 3.8) is 0 Å². The van der Waals surface area contributed by atoms with Crippen LogP contribution in [-0.4, -0.2) is 62.1 Å². The third-order valence-electron chi connectivity index (χ3n) is 2.25. The zero-order valence-electron chi connectivity index (χ0n) is 8.78. The SMILES string of the molecule is CC(C)S[C@@H]1OC(CO)[C@@H](O)C(O)[C@@H]1O. The number of aliphatic hydroxyl groups is 4. The van der Waals surface area contributed by atoms with Crippen LogP contribution in [0.4, 0.5) is 0 Å². The molecule has 1 aliphatic rings. The fourth-order valence-electron chi connectivity index (χ4n) is 1.45. The lowest BCUT2D eigenvalue weighted by atomic mass is 10.0. The summed E-state index contributed by atoms with van der Waals surface area (Å²) in [6, 6.07) is 0. The summed E-state index contributed by atoms with van der Waals surface area (Å²) in [7, 11) is 0. The van der Waals surface area contributed by atoms with E-state index in [1.54, 1.807) is 0 Å². The van der Waals surface area contributed by atoms with E-state index in [0.717, 1.165) is 0 Å². The van der Waals surface area contributed by atoms with Crippen LogP contribution in [0.3, 0.4) is 0 Å². The van der Waals surface area contributed by atoms with Crippen molar-refractivity contribution in [1.29, 1.82) is 0 Å². The molecule has 0 aliphatic carbocycles. The van der Waals surface area contributed by atoms with Crippen molar-refractivity contribution in [2.45, 2.75) is 48.9 Å². The molecule has 0 aromatic carbocycles. The van der Waals surface area contributed by atoms with E-state index in [2.05, 4.69) is 0 Å². The van der Waals surface area contributed by atoms with Gasteiger partial charge in [0, 0.05) is 5.25 Å². The first-order chi connectivity index (χ1) is 6.97. The molecule has 0 bridgehead atoms. The fourth-order valence-corrected chi connectivity index (χ4v) is 2.51. The maximum Gasteiger partial charge on any atom is 0.132 e. The van der Waals surface area contributed by atoms with Crippen LogP contribution in [0.5, 0.6) is 0 Å². The van der Waals surface area contributed by atoms with E-state index in [1.807, 2.05) is 13.8 Å². The monoisotopic (exact) mass is 238 g/mol. The summed E-state index contributed by atoms with van der Waals surface area (Å²) in [5, 5.41) is 37.8. The molecule has 1 saturated heterocycles. The molecule has 1 rings (SSSR count). The predicted molar refractivity (Wildman–Crippen MR) is 56.5 cm³/mol. The van der Waals surface area contributed by atoms with Gasteiger partial charge in [0.05, 0.1) is 6.61 Å². The largest absolute Gasteiger partial charge is 0.394 e. The van der Waals surface area contributed by atoms with Crippen molar-refractivity contribution in [3.8, 4) is 0 Å². The molecule has 5 nitrogen and oxygen atoms in total. The maximum absolute atomic E-state index is 9.63. The molecule has 0 amide bonds. The quantitative estimate of drug-likeness (QED) is 0.500. The summed E-state index contributed by atoms with van der Waals surface area (Å²) >= 11 is 1.35. The lowest BCUT2D eigenvalue weighted by Crippen LogP contribution is -2.57. The number of rotatable bonds is 3. The van der Waals surface area contributed by atoms with Crippen LogP contribution in [0, 0.1) is 0 Å². The molecule has 5 atom stereocenters. The Morgan fingerprint density at radius 2 is 1.73 bits per heavy atom. The molecule has 0 spiro atoms. The van der Waals surface area contributed by atoms with Gasteiger partial charge in [0.25, 0.3) is 0 Å². The average molecular weight is 238 g/mol. The van der Waals surface area contributed by atoms with E-state index < -0.39 is 29.9 Å². The van der Waals surface area contributed by atoms with Crippen LogP contribution >= 0.6 is 11.8 Å². The maximum atomic E-state index is 9.63. The van der Waals surface area contributed by atoms with Crippen LogP contribution < -0.4 is 0 Å². The molecule has 0 aromatic heterocycles. The Kier molecular flexibility index (Phi) is 4.82. The van der Waals surface area contributed by atoms with Gasteiger partial charge in [-0.25, -0.2) is 0 Å². The second kappa shape index (κ2) is 5.47. The van der Waals surface area contributed by atoms with Crippen molar-refractivity contribution < 1.29 is 25.2 Å². The number of aliphatic hydroxyl groups excluding tert-OH is 4. The Bertz CT molecular complexity index is 199. The highest BCUT2D eigenvalue weighted by molar-refractivity contribution is 8.00. The zero-order valence-corrected chi connectivity index (χ0v) is 9.59. The van der Waals surface area contributed by atoms with Gasteiger partial charge in [-0.05, 0) is 0 Å². The Morgan fingerprint density at radius 3 is 2.20 bits per heavy atom. The standard InChI is InChI=1S/C9H18O5S/c1-4(2)15-9-8(13)7(12)6(11)5(3-10)14-9/h4-13H,3H2,1-2H3/t5?,6-,7?,8+,9+/m1/s1. The molecule has 0 saturated carbocycles. The number of thioether (sulfide) groups is 1. The molecule has 0 aromatic rings. The molecule has 6 heteroatoms. The molecular weight excluding hydrogens is 220 g/mol. The van der Waals surface area contributed by atoms with E-state index in [4.69, 9.17) is 9.84 Å². The van der Waals surface area contributed by atoms with E-state index in [1.165, 1.54) is 11.8 Å². The van der Waals surface area contributed by atoms with Gasteiger partial charge in [-0.1, -0.05) is 13.8 Å². The molecular formula is C9H18O5S. The van der Waals surface area contributed by atoms with Crippen LogP contribution in [0.25, 0.3) is 0 Å². The van der Waals surface area contributed by atoms with Crippen molar-refractivity contribution in [3.05, 3.63) is 0 Å². The molecule has 15 heavy (non-hydrogen) atoms. The minimum atomic E-state index is -1.27. The first kappa shape index (κ1) is 13.2. The minimum absolute atomic E-state index is 0.228. The number of hydrogen-bond donors (Lipinski definition) is 4. The second-order valence-electron chi connectivity index (χ2n) is 3.88. The zero-order chi connectivity index (χ0) is 11.6. The highest BCUT2D eigenvalue weighted by Gasteiger charge is 2.43. The van der Waals surface area contributed by atoms with E-state index >= 15 is 0 Å². The van der Waals surface area contributed by atoms with Crippen LogP contribution in [0.1, 0.15) is 13.8 Å². The summed E-state index contributed by atoms with van der Waals surface area (Å²) < 4.78 is 5.29. The van der Waals surface area contributed by atoms with Gasteiger partial charge in [0.15, 0.2) is 0 Å². The Balaban J connectivity index is 2.65. The van der Waals surface area contributed by atoms with Crippen molar-refractivity contribution in [2.75, 3.05) is 6.61 Å². The van der Waals surface area contributed by atoms with Crippen molar-refractivity contribution >= 4 is 11.8 Å². The van der Waals surface area contributed by atoms with E-state index in [9.17, 15) is 15.3 Å². The normalized spacial score (nSPS) is 42.2. The van der Waals surface area contributed by atoms with E-state index in [0.29, 0.717) is 0 Å². The van der Waals surface area contributed by atoms with Gasteiger partial charge in [-0.15, -0.1) is 11.8 Å². The van der Waals surface area contributed by atoms with Crippen molar-refractivity contribution in [2.24, 2.45) is 0 Å². The predicted octanol–water partition coefficient (Wildman–Crippen LogP) is -1.07. The van der Waals surface area contributed by atoms with Gasteiger partial charge in [0.1, 0.15) is 29.9 Å². The molecule has 1 fully saturated rings. The molecule has 1 aliphatic heterocycles. The van der Waals surface area contributed by atoms with Crippen LogP contribution in [0.15, 0.2) is 0 Å². The summed E-state index contributed by atoms with van der Waals surface area (Å²) in [6.07, 6.45) is -4.48. The highest BCUT2D eigenvalue weighted by Crippen LogP contribution is 2.30. The minimum Gasteiger partial charge on any atom is -0.394 e. The van der Waals surface area contributed by atoms with Gasteiger partial charge in [-0.2, -0.15) is 0 Å². The summed E-state index contributed by atoms with van der Waals surface area (Å²) in [5.41, 5.74) is -0.611. The topological polar surface area (TPSA) is 90.2 Å². The smallest absolute Gasteiger partial charge is 0.132 e. The number of hydrogen-bond acceptors (Lipinski definition) is 6. The first-order valence-corrected chi connectivity index (χ1v) is 5.87. The van der Waals surface area contributed by atoms with Crippen molar-refractivity contribution in [1.82, 2.24) is 0 Å². The first-order valence-electron chi connectivity index (χ1n) is 4.93. The summed E-state index contributed by atoms with van der Waals surface area (Å²) in [5.74, 6) is 0. The third kappa shape index (κ3) is 3.05. The molecule has 90 valence electrons. The lowest BCUT2D eigenvalue weighted by Gasteiger charge is -2.40. The van der Waals surface area contributed by atoms with Crippen LogP contribution in [-0.2, 0) is 4.74 Å². The van der Waals surface area contributed by atoms with Gasteiger partial charge in [-0.3, -0.25) is 0 Å². The summed E-state index contributed by atoms with van der Waals surface area (Å²) in [6.45, 7) is 3.50. The molecule has 0 radical (unpaired) electrons. The molecule has 2 unspecified atom stereocenters. The Hall–Kier alpha value is 0.150. The summed E-state index contributed by atoms with van der Waals surface area (Å²) in [4.78, 5) is 0. The Labute approximate surface area is 93.1 Å². The highest BCUT2D eigenvalue weighted by atomic mass is 32.2. The van der Waals surface area contributed by atoms with Gasteiger partial charge >= 0.3 is 0 Å². The molecule has 4 N–H and O–H groups in total. The van der Waals surface area contributed by atoms with Crippen LogP contribution in [0.2, 0.25) is 0 Å². The van der Waals surface area contributed by atoms with Gasteiger partial charge < -0.3 is 25.2 Å². The molecule has 1 heterocycles. The number of ether oxygens (including phenoxy) is 1.